The van der Waals surface area contributed by atoms with Crippen LogP contribution in [0.2, 0.25) is 0 Å². The Hall–Kier alpha value is -1.09. The van der Waals surface area contributed by atoms with Crippen molar-refractivity contribution < 1.29 is 9.13 Å². The molecule has 0 bridgehead atoms. The van der Waals surface area contributed by atoms with E-state index >= 15 is 0 Å². The molecular formula is C15H22FNO. The molecule has 1 aromatic rings. The van der Waals surface area contributed by atoms with Crippen molar-refractivity contribution >= 4 is 0 Å². The van der Waals surface area contributed by atoms with Crippen molar-refractivity contribution in [2.75, 3.05) is 20.2 Å². The van der Waals surface area contributed by atoms with Crippen LogP contribution in [0.4, 0.5) is 4.39 Å². The Morgan fingerprint density at radius 3 is 2.83 bits per heavy atom. The van der Waals surface area contributed by atoms with E-state index in [2.05, 4.69) is 19.2 Å². The summed E-state index contributed by atoms with van der Waals surface area (Å²) in [6.07, 6.45) is 1.16. The molecule has 1 aliphatic carbocycles. The van der Waals surface area contributed by atoms with Crippen molar-refractivity contribution in [3.8, 4) is 5.75 Å². The molecular weight excluding hydrogens is 229 g/mol. The van der Waals surface area contributed by atoms with E-state index in [9.17, 15) is 4.39 Å². The molecule has 1 saturated carbocycles. The fourth-order valence-electron chi connectivity index (χ4n) is 2.35. The maximum absolute atomic E-state index is 13.6. The highest BCUT2D eigenvalue weighted by molar-refractivity contribution is 5.34. The highest BCUT2D eigenvalue weighted by Crippen LogP contribution is 2.47. The van der Waals surface area contributed by atoms with Crippen LogP contribution in [0.25, 0.3) is 0 Å². The van der Waals surface area contributed by atoms with E-state index in [1.54, 1.807) is 12.1 Å². The summed E-state index contributed by atoms with van der Waals surface area (Å²) in [5.74, 6) is 1.94. The lowest BCUT2D eigenvalue weighted by molar-refractivity contribution is 0.386. The van der Waals surface area contributed by atoms with E-state index in [-0.39, 0.29) is 5.82 Å². The number of methoxy groups -OCH3 is 1. The molecule has 2 unspecified atom stereocenters. The van der Waals surface area contributed by atoms with Crippen LogP contribution in [0.1, 0.15) is 31.7 Å². The van der Waals surface area contributed by atoms with Crippen LogP contribution in [0.15, 0.2) is 18.2 Å². The van der Waals surface area contributed by atoms with Gasteiger partial charge in [0.2, 0.25) is 0 Å². The first-order valence-corrected chi connectivity index (χ1v) is 6.66. The summed E-state index contributed by atoms with van der Waals surface area (Å²) in [6, 6.07) is 5.32. The van der Waals surface area contributed by atoms with E-state index in [1.165, 1.54) is 7.11 Å². The van der Waals surface area contributed by atoms with Gasteiger partial charge < -0.3 is 10.1 Å². The monoisotopic (exact) mass is 251 g/mol. The van der Waals surface area contributed by atoms with E-state index in [4.69, 9.17) is 4.74 Å². The third-order valence-corrected chi connectivity index (χ3v) is 3.49. The first-order chi connectivity index (χ1) is 8.61. The molecule has 100 valence electrons. The molecule has 2 atom stereocenters. The SMILES string of the molecule is COc1ccc(C2CC2CNCC(C)C)cc1F. The normalized spacial score (nSPS) is 22.3. The molecule has 18 heavy (non-hydrogen) atoms. The summed E-state index contributed by atoms with van der Waals surface area (Å²) in [5.41, 5.74) is 1.10. The van der Waals surface area contributed by atoms with E-state index < -0.39 is 0 Å². The molecule has 0 aliphatic heterocycles. The smallest absolute Gasteiger partial charge is 0.165 e. The number of halogens is 1. The third-order valence-electron chi connectivity index (χ3n) is 3.49. The largest absolute Gasteiger partial charge is 0.494 e. The lowest BCUT2D eigenvalue weighted by atomic mass is 10.1. The topological polar surface area (TPSA) is 21.3 Å². The standard InChI is InChI=1S/C15H22FNO/c1-10(2)8-17-9-12-6-13(12)11-4-5-15(18-3)14(16)7-11/h4-5,7,10,12-13,17H,6,8-9H2,1-3H3. The maximum atomic E-state index is 13.6. The van der Waals surface area contributed by atoms with Crippen LogP contribution >= 0.6 is 0 Å². The number of nitrogens with one attached hydrogen (secondary N) is 1. The fraction of sp³-hybridized carbons (Fsp3) is 0.600. The van der Waals surface area contributed by atoms with Gasteiger partial charge in [-0.3, -0.25) is 0 Å². The molecule has 3 heteroatoms. The summed E-state index contributed by atoms with van der Waals surface area (Å²) in [4.78, 5) is 0. The summed E-state index contributed by atoms with van der Waals surface area (Å²) in [6.45, 7) is 6.50. The number of ether oxygens (including phenoxy) is 1. The molecule has 2 rings (SSSR count). The van der Waals surface area contributed by atoms with Crippen molar-refractivity contribution in [2.45, 2.75) is 26.2 Å². The second-order valence-corrected chi connectivity index (χ2v) is 5.55. The summed E-state index contributed by atoms with van der Waals surface area (Å²) in [7, 11) is 1.49. The van der Waals surface area contributed by atoms with Crippen molar-refractivity contribution in [3.63, 3.8) is 0 Å². The Balaban J connectivity index is 1.85. The van der Waals surface area contributed by atoms with Gasteiger partial charge in [-0.15, -0.1) is 0 Å². The first-order valence-electron chi connectivity index (χ1n) is 6.66. The molecule has 0 saturated heterocycles. The summed E-state index contributed by atoms with van der Waals surface area (Å²) >= 11 is 0. The number of hydrogen-bond acceptors (Lipinski definition) is 2. The maximum Gasteiger partial charge on any atom is 0.165 e. The predicted octanol–water partition coefficient (Wildman–Crippen LogP) is 3.18. The second kappa shape index (κ2) is 5.70. The van der Waals surface area contributed by atoms with Crippen molar-refractivity contribution in [2.24, 2.45) is 11.8 Å². The molecule has 0 spiro atoms. The van der Waals surface area contributed by atoms with Gasteiger partial charge in [0, 0.05) is 0 Å². The summed E-state index contributed by atoms with van der Waals surface area (Å²) in [5, 5.41) is 3.47. The van der Waals surface area contributed by atoms with Gasteiger partial charge in [-0.25, -0.2) is 4.39 Å². The van der Waals surface area contributed by atoms with E-state index in [0.717, 1.165) is 25.1 Å². The molecule has 1 aliphatic rings. The Labute approximate surface area is 109 Å². The predicted molar refractivity (Wildman–Crippen MR) is 71.5 cm³/mol. The van der Waals surface area contributed by atoms with Gasteiger partial charge in [0.25, 0.3) is 0 Å². The minimum Gasteiger partial charge on any atom is -0.494 e. The number of hydrogen-bond donors (Lipinski definition) is 1. The number of benzene rings is 1. The van der Waals surface area contributed by atoms with Crippen molar-refractivity contribution in [1.29, 1.82) is 0 Å². The van der Waals surface area contributed by atoms with Crippen molar-refractivity contribution in [3.05, 3.63) is 29.6 Å². The summed E-state index contributed by atoms with van der Waals surface area (Å²) < 4.78 is 18.5. The van der Waals surface area contributed by atoms with Gasteiger partial charge in [-0.05, 0) is 55.0 Å². The minimum atomic E-state index is -0.254. The Morgan fingerprint density at radius 1 is 1.44 bits per heavy atom. The highest BCUT2D eigenvalue weighted by atomic mass is 19.1. The first kappa shape index (κ1) is 13.3. The zero-order valence-electron chi connectivity index (χ0n) is 11.4. The third kappa shape index (κ3) is 3.22. The van der Waals surface area contributed by atoms with Crippen LogP contribution in [0.3, 0.4) is 0 Å². The van der Waals surface area contributed by atoms with Crippen molar-refractivity contribution in [1.82, 2.24) is 5.32 Å². The molecule has 0 heterocycles. The molecule has 0 amide bonds. The van der Waals surface area contributed by atoms with Crippen LogP contribution in [0, 0.1) is 17.7 Å². The van der Waals surface area contributed by atoms with Crippen LogP contribution in [-0.2, 0) is 0 Å². The van der Waals surface area contributed by atoms with Gasteiger partial charge >= 0.3 is 0 Å². The fourth-order valence-corrected chi connectivity index (χ4v) is 2.35. The molecule has 0 radical (unpaired) electrons. The quantitative estimate of drug-likeness (QED) is 0.838. The molecule has 1 aromatic carbocycles. The molecule has 1 N–H and O–H groups in total. The zero-order chi connectivity index (χ0) is 13.1. The van der Waals surface area contributed by atoms with E-state index in [1.807, 2.05) is 6.07 Å². The Bertz CT molecular complexity index is 405. The van der Waals surface area contributed by atoms with Crippen LogP contribution in [0.5, 0.6) is 5.75 Å². The average molecular weight is 251 g/mol. The highest BCUT2D eigenvalue weighted by Gasteiger charge is 2.37. The zero-order valence-corrected chi connectivity index (χ0v) is 11.4. The molecule has 2 nitrogen and oxygen atoms in total. The average Bonchev–Trinajstić information content (AvgIpc) is 3.08. The van der Waals surface area contributed by atoms with Gasteiger partial charge in [0.05, 0.1) is 7.11 Å². The Morgan fingerprint density at radius 2 is 2.22 bits per heavy atom. The Kier molecular flexibility index (Phi) is 4.23. The lowest BCUT2D eigenvalue weighted by Crippen LogP contribution is -2.22. The number of rotatable bonds is 6. The lowest BCUT2D eigenvalue weighted by Gasteiger charge is -2.07. The van der Waals surface area contributed by atoms with Crippen LogP contribution in [-0.4, -0.2) is 20.2 Å². The minimum absolute atomic E-state index is 0.254. The van der Waals surface area contributed by atoms with Crippen LogP contribution < -0.4 is 10.1 Å². The second-order valence-electron chi connectivity index (χ2n) is 5.55. The van der Waals surface area contributed by atoms with Gasteiger partial charge in [-0.2, -0.15) is 0 Å². The van der Waals surface area contributed by atoms with E-state index in [0.29, 0.717) is 23.5 Å². The van der Waals surface area contributed by atoms with Gasteiger partial charge in [0.15, 0.2) is 11.6 Å². The van der Waals surface area contributed by atoms with Gasteiger partial charge in [-0.1, -0.05) is 19.9 Å². The molecule has 0 aromatic heterocycles. The van der Waals surface area contributed by atoms with Gasteiger partial charge in [0.1, 0.15) is 0 Å². The molecule has 1 fully saturated rings.